The van der Waals surface area contributed by atoms with Crippen LogP contribution in [0.2, 0.25) is 0 Å². The lowest BCUT2D eigenvalue weighted by Gasteiger charge is -2.30. The summed E-state index contributed by atoms with van der Waals surface area (Å²) in [5, 5.41) is 7.40. The summed E-state index contributed by atoms with van der Waals surface area (Å²) in [6, 6.07) is 3.77. The minimum atomic E-state index is 0.00551. The van der Waals surface area contributed by atoms with E-state index in [9.17, 15) is 0 Å². The van der Waals surface area contributed by atoms with Crippen molar-refractivity contribution >= 4 is 5.84 Å². The zero-order chi connectivity index (χ0) is 13.7. The van der Waals surface area contributed by atoms with Gasteiger partial charge in [-0.05, 0) is 36.5 Å². The molecular formula is C15H23N3O. The van der Waals surface area contributed by atoms with Gasteiger partial charge in [-0.25, -0.2) is 0 Å². The van der Waals surface area contributed by atoms with Crippen LogP contribution in [0.1, 0.15) is 50.3 Å². The molecule has 0 aromatic carbocycles. The molecule has 2 atom stereocenters. The highest BCUT2D eigenvalue weighted by Crippen LogP contribution is 2.29. The van der Waals surface area contributed by atoms with Crippen LogP contribution in [0.4, 0.5) is 0 Å². The predicted molar refractivity (Wildman–Crippen MR) is 76.1 cm³/mol. The highest BCUT2D eigenvalue weighted by Gasteiger charge is 2.24. The molecule has 1 aromatic heterocycles. The fourth-order valence-corrected chi connectivity index (χ4v) is 2.77. The molecule has 0 bridgehead atoms. The molecule has 1 heterocycles. The van der Waals surface area contributed by atoms with Crippen molar-refractivity contribution < 1.29 is 4.74 Å². The van der Waals surface area contributed by atoms with Gasteiger partial charge in [-0.3, -0.25) is 10.4 Å². The summed E-state index contributed by atoms with van der Waals surface area (Å²) in [4.78, 5) is 4.06. The maximum atomic E-state index is 7.40. The van der Waals surface area contributed by atoms with E-state index in [2.05, 4.69) is 11.9 Å². The Hall–Kier alpha value is -1.42. The molecule has 3 N–H and O–H groups in total. The number of nitrogens with two attached hydrogens (primary N) is 1. The van der Waals surface area contributed by atoms with Gasteiger partial charge in [0.1, 0.15) is 11.5 Å². The zero-order valence-electron chi connectivity index (χ0n) is 11.6. The van der Waals surface area contributed by atoms with Gasteiger partial charge in [-0.2, -0.15) is 0 Å². The molecular weight excluding hydrogens is 238 g/mol. The molecule has 2 unspecified atom stereocenters. The topological polar surface area (TPSA) is 72.0 Å². The fourth-order valence-electron chi connectivity index (χ4n) is 2.77. The number of aromatic nitrogens is 1. The monoisotopic (exact) mass is 261 g/mol. The van der Waals surface area contributed by atoms with Crippen LogP contribution in [0.15, 0.2) is 18.3 Å². The summed E-state index contributed by atoms with van der Waals surface area (Å²) in [5.41, 5.74) is 7.01. The average molecular weight is 261 g/mol. The van der Waals surface area contributed by atoms with E-state index in [-0.39, 0.29) is 5.84 Å². The molecule has 0 spiro atoms. The van der Waals surface area contributed by atoms with E-state index < -0.39 is 0 Å². The minimum Gasteiger partial charge on any atom is -0.382 e. The Morgan fingerprint density at radius 3 is 3.00 bits per heavy atom. The van der Waals surface area contributed by atoms with Gasteiger partial charge < -0.3 is 10.5 Å². The van der Waals surface area contributed by atoms with Crippen molar-refractivity contribution in [2.75, 3.05) is 0 Å². The fraction of sp³-hybridized carbons (Fsp3) is 0.600. The number of nitrogens with one attached hydrogen (secondary N) is 1. The molecule has 0 amide bonds. The molecule has 4 nitrogen and oxygen atoms in total. The number of nitrogens with zero attached hydrogens (tertiary/aromatic N) is 1. The van der Waals surface area contributed by atoms with Gasteiger partial charge in [0, 0.05) is 6.20 Å². The number of hydrogen-bond donors (Lipinski definition) is 2. The SMILES string of the molecule is CCC1CCCCC1OCc1ccnc(C(=N)N)c1. The predicted octanol–water partition coefficient (Wildman–Crippen LogP) is 2.85. The van der Waals surface area contributed by atoms with Crippen molar-refractivity contribution in [3.05, 3.63) is 29.6 Å². The Balaban J connectivity index is 1.94. The maximum absolute atomic E-state index is 7.40. The smallest absolute Gasteiger partial charge is 0.141 e. The van der Waals surface area contributed by atoms with Gasteiger partial charge in [0.25, 0.3) is 0 Å². The van der Waals surface area contributed by atoms with Crippen LogP contribution in [-0.4, -0.2) is 16.9 Å². The third-order valence-corrected chi connectivity index (χ3v) is 3.93. The maximum Gasteiger partial charge on any atom is 0.141 e. The first-order valence-corrected chi connectivity index (χ1v) is 7.11. The van der Waals surface area contributed by atoms with Gasteiger partial charge in [0.15, 0.2) is 0 Å². The van der Waals surface area contributed by atoms with E-state index in [1.54, 1.807) is 6.20 Å². The van der Waals surface area contributed by atoms with Crippen LogP contribution < -0.4 is 5.73 Å². The number of amidine groups is 1. The van der Waals surface area contributed by atoms with E-state index in [0.29, 0.717) is 24.3 Å². The molecule has 1 fully saturated rings. The minimum absolute atomic E-state index is 0.00551. The van der Waals surface area contributed by atoms with E-state index in [1.807, 2.05) is 12.1 Å². The molecule has 1 aliphatic rings. The Morgan fingerprint density at radius 2 is 2.26 bits per heavy atom. The highest BCUT2D eigenvalue weighted by atomic mass is 16.5. The van der Waals surface area contributed by atoms with Gasteiger partial charge in [-0.1, -0.05) is 26.2 Å². The first-order chi connectivity index (χ1) is 9.20. The van der Waals surface area contributed by atoms with Crippen LogP contribution in [0.25, 0.3) is 0 Å². The molecule has 4 heteroatoms. The van der Waals surface area contributed by atoms with Gasteiger partial charge in [-0.15, -0.1) is 0 Å². The largest absolute Gasteiger partial charge is 0.382 e. The van der Waals surface area contributed by atoms with Crippen molar-refractivity contribution in [1.29, 1.82) is 5.41 Å². The van der Waals surface area contributed by atoms with Crippen molar-refractivity contribution in [2.45, 2.75) is 51.7 Å². The number of nitrogen functional groups attached to an aromatic ring is 1. The van der Waals surface area contributed by atoms with Crippen LogP contribution >= 0.6 is 0 Å². The molecule has 1 aliphatic carbocycles. The molecule has 2 rings (SSSR count). The first kappa shape index (κ1) is 14.0. The van der Waals surface area contributed by atoms with E-state index in [1.165, 1.54) is 32.1 Å². The summed E-state index contributed by atoms with van der Waals surface area (Å²) in [6.45, 7) is 2.83. The number of ether oxygens (including phenoxy) is 1. The van der Waals surface area contributed by atoms with Crippen molar-refractivity contribution in [2.24, 2.45) is 11.7 Å². The van der Waals surface area contributed by atoms with Crippen molar-refractivity contribution in [3.8, 4) is 0 Å². The van der Waals surface area contributed by atoms with Crippen molar-refractivity contribution in [3.63, 3.8) is 0 Å². The van der Waals surface area contributed by atoms with Crippen molar-refractivity contribution in [1.82, 2.24) is 4.98 Å². The first-order valence-electron chi connectivity index (χ1n) is 7.11. The third-order valence-electron chi connectivity index (χ3n) is 3.93. The summed E-state index contributed by atoms with van der Waals surface area (Å²) in [7, 11) is 0. The van der Waals surface area contributed by atoms with Gasteiger partial charge in [0.2, 0.25) is 0 Å². The molecule has 104 valence electrons. The molecule has 0 radical (unpaired) electrons. The summed E-state index contributed by atoms with van der Waals surface area (Å²) < 4.78 is 6.07. The van der Waals surface area contributed by atoms with Gasteiger partial charge >= 0.3 is 0 Å². The van der Waals surface area contributed by atoms with Crippen LogP contribution in [-0.2, 0) is 11.3 Å². The number of rotatable bonds is 5. The quantitative estimate of drug-likeness (QED) is 0.632. The van der Waals surface area contributed by atoms with Crippen LogP contribution in [0.5, 0.6) is 0 Å². The molecule has 1 saturated carbocycles. The number of hydrogen-bond acceptors (Lipinski definition) is 3. The molecule has 1 aromatic rings. The second-order valence-electron chi connectivity index (χ2n) is 5.27. The van der Waals surface area contributed by atoms with E-state index >= 15 is 0 Å². The lowest BCUT2D eigenvalue weighted by atomic mass is 9.85. The lowest BCUT2D eigenvalue weighted by molar-refractivity contribution is -0.0222. The lowest BCUT2D eigenvalue weighted by Crippen LogP contribution is -2.27. The van der Waals surface area contributed by atoms with Crippen LogP contribution in [0, 0.1) is 11.3 Å². The van der Waals surface area contributed by atoms with E-state index in [4.69, 9.17) is 15.9 Å². The average Bonchev–Trinajstić information content (AvgIpc) is 2.45. The molecule has 0 aliphatic heterocycles. The van der Waals surface area contributed by atoms with E-state index in [0.717, 1.165) is 5.56 Å². The van der Waals surface area contributed by atoms with Crippen LogP contribution in [0.3, 0.4) is 0 Å². The third kappa shape index (κ3) is 3.77. The summed E-state index contributed by atoms with van der Waals surface area (Å²) in [5.74, 6) is 0.703. The normalized spacial score (nSPS) is 23.2. The Bertz CT molecular complexity index is 433. The Labute approximate surface area is 114 Å². The summed E-state index contributed by atoms with van der Waals surface area (Å²) >= 11 is 0. The highest BCUT2D eigenvalue weighted by molar-refractivity contribution is 5.93. The standard InChI is InChI=1S/C15H23N3O/c1-2-12-5-3-4-6-14(12)19-10-11-7-8-18-13(9-11)15(16)17/h7-9,12,14H,2-6,10H2,1H3,(H3,16,17). The van der Waals surface area contributed by atoms with Gasteiger partial charge in [0.05, 0.1) is 12.7 Å². The Kier molecular flexibility index (Phi) is 4.91. The second kappa shape index (κ2) is 6.66. The zero-order valence-corrected chi connectivity index (χ0v) is 11.6. The number of pyridine rings is 1. The molecule has 19 heavy (non-hydrogen) atoms. The Morgan fingerprint density at radius 1 is 1.47 bits per heavy atom. The second-order valence-corrected chi connectivity index (χ2v) is 5.27. The summed E-state index contributed by atoms with van der Waals surface area (Å²) in [6.07, 6.45) is 8.33. The molecule has 0 saturated heterocycles.